The van der Waals surface area contributed by atoms with Crippen molar-refractivity contribution in [2.45, 2.75) is 13.8 Å². The van der Waals surface area contributed by atoms with Gasteiger partial charge in [-0.15, -0.1) is 0 Å². The summed E-state index contributed by atoms with van der Waals surface area (Å²) in [5.74, 6) is -0.00436. The molecule has 0 aliphatic rings. The van der Waals surface area contributed by atoms with Crippen molar-refractivity contribution in [2.75, 3.05) is 13.6 Å². The lowest BCUT2D eigenvalue weighted by molar-refractivity contribution is 0.448. The van der Waals surface area contributed by atoms with Gasteiger partial charge in [0.2, 0.25) is 5.88 Å². The second kappa shape index (κ2) is 5.11. The van der Waals surface area contributed by atoms with Crippen LogP contribution < -0.4 is 0 Å². The molecule has 15 heavy (non-hydrogen) atoms. The third kappa shape index (κ3) is 3.20. The molecule has 4 nitrogen and oxygen atoms in total. The molecule has 0 saturated carbocycles. The summed E-state index contributed by atoms with van der Waals surface area (Å²) in [5, 5.41) is 9.33. The van der Waals surface area contributed by atoms with Gasteiger partial charge in [-0.25, -0.2) is 9.98 Å². The van der Waals surface area contributed by atoms with Gasteiger partial charge in [-0.1, -0.05) is 0 Å². The van der Waals surface area contributed by atoms with Crippen molar-refractivity contribution < 1.29 is 5.11 Å². The van der Waals surface area contributed by atoms with Gasteiger partial charge in [-0.2, -0.15) is 0 Å². The minimum Gasteiger partial charge on any atom is -0.492 e. The number of hydrogen-bond donors (Lipinski definition) is 1. The van der Waals surface area contributed by atoms with Crippen molar-refractivity contribution in [1.82, 2.24) is 9.88 Å². The second-order valence-electron chi connectivity index (χ2n) is 3.22. The van der Waals surface area contributed by atoms with Crippen LogP contribution in [0.3, 0.4) is 0 Å². The lowest BCUT2D eigenvalue weighted by atomic mass is 10.3. The lowest BCUT2D eigenvalue weighted by Gasteiger charge is -2.08. The Kier molecular flexibility index (Phi) is 4.08. The number of aromatic hydroxyl groups is 1. The highest BCUT2D eigenvalue weighted by Crippen LogP contribution is 2.28. The Hall–Kier alpha value is -1.10. The quantitative estimate of drug-likeness (QED) is 0.679. The number of halogens is 1. The van der Waals surface area contributed by atoms with Crippen LogP contribution in [0.4, 0.5) is 5.69 Å². The number of hydrogen-bond acceptors (Lipinski definition) is 3. The molecule has 0 aliphatic carbocycles. The van der Waals surface area contributed by atoms with Gasteiger partial charge in [-0.05, 0) is 35.8 Å². The maximum atomic E-state index is 9.33. The van der Waals surface area contributed by atoms with Crippen molar-refractivity contribution in [3.05, 3.63) is 16.2 Å². The molecule has 0 saturated heterocycles. The van der Waals surface area contributed by atoms with E-state index in [1.54, 1.807) is 12.4 Å². The van der Waals surface area contributed by atoms with Gasteiger partial charge in [0.05, 0.1) is 22.2 Å². The van der Waals surface area contributed by atoms with Crippen LogP contribution in [0.2, 0.25) is 0 Å². The maximum Gasteiger partial charge on any atom is 0.225 e. The van der Waals surface area contributed by atoms with Gasteiger partial charge in [0.25, 0.3) is 0 Å². The molecule has 0 atom stereocenters. The van der Waals surface area contributed by atoms with E-state index in [1.807, 2.05) is 25.8 Å². The zero-order valence-corrected chi connectivity index (χ0v) is 10.6. The molecular formula is C10H14BrN3O. The van der Waals surface area contributed by atoms with Crippen molar-refractivity contribution >= 4 is 28.0 Å². The van der Waals surface area contributed by atoms with E-state index >= 15 is 0 Å². The molecule has 0 unspecified atom stereocenters. The molecule has 0 aliphatic heterocycles. The molecule has 0 spiro atoms. The van der Waals surface area contributed by atoms with Gasteiger partial charge < -0.3 is 10.0 Å². The predicted octanol–water partition coefficient (Wildman–Crippen LogP) is 2.47. The Morgan fingerprint density at radius 2 is 2.33 bits per heavy atom. The topological polar surface area (TPSA) is 48.7 Å². The smallest absolute Gasteiger partial charge is 0.225 e. The first-order valence-electron chi connectivity index (χ1n) is 4.65. The van der Waals surface area contributed by atoms with Gasteiger partial charge in [0.15, 0.2) is 0 Å². The van der Waals surface area contributed by atoms with Crippen molar-refractivity contribution in [1.29, 1.82) is 0 Å². The van der Waals surface area contributed by atoms with Gasteiger partial charge in [-0.3, -0.25) is 0 Å². The van der Waals surface area contributed by atoms with Gasteiger partial charge in [0.1, 0.15) is 0 Å². The summed E-state index contributed by atoms with van der Waals surface area (Å²) < 4.78 is 0.555. The fourth-order valence-corrected chi connectivity index (χ4v) is 1.24. The third-order valence-electron chi connectivity index (χ3n) is 2.01. The molecule has 1 aromatic heterocycles. The van der Waals surface area contributed by atoms with Crippen molar-refractivity contribution in [3.8, 4) is 5.88 Å². The van der Waals surface area contributed by atoms with Gasteiger partial charge >= 0.3 is 0 Å². The summed E-state index contributed by atoms with van der Waals surface area (Å²) in [6.45, 7) is 4.75. The average molecular weight is 272 g/mol. The first-order valence-corrected chi connectivity index (χ1v) is 5.44. The van der Waals surface area contributed by atoms with Crippen LogP contribution >= 0.6 is 15.9 Å². The normalized spacial score (nSPS) is 10.9. The molecule has 1 rings (SSSR count). The van der Waals surface area contributed by atoms with E-state index in [-0.39, 0.29) is 5.88 Å². The number of aliphatic imine (C=N–C) groups is 1. The largest absolute Gasteiger partial charge is 0.492 e. The molecule has 0 aromatic carbocycles. The SMILES string of the molecule is CCN(C)/C=N\c1cc(Br)c(O)nc1C. The second-order valence-corrected chi connectivity index (χ2v) is 4.07. The highest BCUT2D eigenvalue weighted by atomic mass is 79.9. The molecule has 0 bridgehead atoms. The van der Waals surface area contributed by atoms with E-state index in [0.29, 0.717) is 10.2 Å². The van der Waals surface area contributed by atoms with Crippen LogP contribution in [0.25, 0.3) is 0 Å². The number of pyridine rings is 1. The zero-order chi connectivity index (χ0) is 11.4. The zero-order valence-electron chi connectivity index (χ0n) is 9.03. The van der Waals surface area contributed by atoms with Gasteiger partial charge in [0, 0.05) is 13.6 Å². The van der Waals surface area contributed by atoms with Crippen LogP contribution in [0.15, 0.2) is 15.5 Å². The Bertz CT molecular complexity index is 379. The minimum absolute atomic E-state index is 0.00436. The fourth-order valence-electron chi connectivity index (χ4n) is 0.932. The number of rotatable bonds is 3. The summed E-state index contributed by atoms with van der Waals surface area (Å²) in [5.41, 5.74) is 1.46. The molecule has 0 radical (unpaired) electrons. The highest BCUT2D eigenvalue weighted by molar-refractivity contribution is 9.10. The molecule has 0 amide bonds. The number of aryl methyl sites for hydroxylation is 1. The molecule has 0 fully saturated rings. The van der Waals surface area contributed by atoms with E-state index in [1.165, 1.54) is 0 Å². The predicted molar refractivity (Wildman–Crippen MR) is 64.8 cm³/mol. The van der Waals surface area contributed by atoms with E-state index < -0.39 is 0 Å². The van der Waals surface area contributed by atoms with Crippen molar-refractivity contribution in [2.24, 2.45) is 4.99 Å². The number of nitrogens with zero attached hydrogens (tertiary/aromatic N) is 3. The molecule has 82 valence electrons. The summed E-state index contributed by atoms with van der Waals surface area (Å²) in [7, 11) is 1.95. The first-order chi connectivity index (χ1) is 7.04. The number of aromatic nitrogens is 1. The van der Waals surface area contributed by atoms with Crippen LogP contribution in [0, 0.1) is 6.92 Å². The summed E-state index contributed by atoms with van der Waals surface area (Å²) in [6, 6.07) is 1.75. The Morgan fingerprint density at radius 3 is 2.93 bits per heavy atom. The minimum atomic E-state index is -0.00436. The van der Waals surface area contributed by atoms with E-state index in [0.717, 1.165) is 12.2 Å². The van der Waals surface area contributed by atoms with Crippen molar-refractivity contribution in [3.63, 3.8) is 0 Å². The summed E-state index contributed by atoms with van der Waals surface area (Å²) in [6.07, 6.45) is 1.74. The monoisotopic (exact) mass is 271 g/mol. The molecule has 1 aromatic rings. The third-order valence-corrected chi connectivity index (χ3v) is 2.60. The highest BCUT2D eigenvalue weighted by Gasteiger charge is 2.04. The maximum absolute atomic E-state index is 9.33. The van der Waals surface area contributed by atoms with E-state index in [9.17, 15) is 5.11 Å². The fraction of sp³-hybridized carbons (Fsp3) is 0.400. The molecule has 1 N–H and O–H groups in total. The lowest BCUT2D eigenvalue weighted by Crippen LogP contribution is -2.14. The van der Waals surface area contributed by atoms with E-state index in [4.69, 9.17) is 0 Å². The molecule has 5 heteroatoms. The van der Waals surface area contributed by atoms with Crippen LogP contribution in [0.1, 0.15) is 12.6 Å². The first kappa shape index (κ1) is 12.0. The van der Waals surface area contributed by atoms with E-state index in [2.05, 4.69) is 25.9 Å². The summed E-state index contributed by atoms with van der Waals surface area (Å²) in [4.78, 5) is 10.2. The van der Waals surface area contributed by atoms with Crippen LogP contribution in [-0.2, 0) is 0 Å². The van der Waals surface area contributed by atoms with Crippen LogP contribution in [-0.4, -0.2) is 34.9 Å². The Labute approximate surface area is 97.8 Å². The van der Waals surface area contributed by atoms with Crippen LogP contribution in [0.5, 0.6) is 5.88 Å². The summed E-state index contributed by atoms with van der Waals surface area (Å²) >= 11 is 3.20. The molecule has 1 heterocycles. The average Bonchev–Trinajstić information content (AvgIpc) is 2.21. The Balaban J connectivity index is 2.95. The Morgan fingerprint density at radius 1 is 1.67 bits per heavy atom. The molecular weight excluding hydrogens is 258 g/mol. The standard InChI is InChI=1S/C10H14BrN3O/c1-4-14(3)6-12-9-5-8(11)10(15)13-7(9)2/h5-6H,4H2,1-3H3,(H,13,15)/b12-6-.